The van der Waals surface area contributed by atoms with Crippen molar-refractivity contribution in [1.82, 2.24) is 10.6 Å². The maximum atomic E-state index is 12.6. The Kier molecular flexibility index (Phi) is 7.99. The largest absolute Gasteiger partial charge is 0.490 e. The van der Waals surface area contributed by atoms with Gasteiger partial charge in [-0.1, -0.05) is 25.4 Å². The lowest BCUT2D eigenvalue weighted by atomic mass is 9.94. The number of allylic oxidation sites excluding steroid dienone is 1. The molecule has 2 amide bonds. The lowest BCUT2D eigenvalue weighted by molar-refractivity contribution is -0.139. The van der Waals surface area contributed by atoms with Crippen LogP contribution in [-0.4, -0.2) is 31.8 Å². The molecule has 1 aromatic carbocycles. The standard InChI is InChI=1S/C20H27ClN2O5/c1-5-9-28-18-13(21)10-12(11-15(18)26-7-3)17-16(19(24)27-8-4)14(6-2)22-20(25)23-17/h10-11,17H,5-9H2,1-4H3,(H2,22,23,25). The molecule has 0 fully saturated rings. The van der Waals surface area contributed by atoms with Crippen molar-refractivity contribution in [2.45, 2.75) is 46.6 Å². The van der Waals surface area contributed by atoms with E-state index in [0.717, 1.165) is 6.42 Å². The Morgan fingerprint density at radius 1 is 1.14 bits per heavy atom. The number of carbonyl (C=O) groups excluding carboxylic acids is 2. The zero-order valence-corrected chi connectivity index (χ0v) is 17.4. The third-order valence-corrected chi connectivity index (χ3v) is 4.40. The third-order valence-electron chi connectivity index (χ3n) is 4.12. The second kappa shape index (κ2) is 10.2. The molecule has 1 aliphatic rings. The van der Waals surface area contributed by atoms with Crippen LogP contribution in [0.2, 0.25) is 5.02 Å². The monoisotopic (exact) mass is 410 g/mol. The van der Waals surface area contributed by atoms with Crippen molar-refractivity contribution in [3.8, 4) is 11.5 Å². The van der Waals surface area contributed by atoms with Crippen LogP contribution in [0.5, 0.6) is 11.5 Å². The molecule has 0 saturated heterocycles. The molecular formula is C20H27ClN2O5. The zero-order chi connectivity index (χ0) is 20.7. The van der Waals surface area contributed by atoms with E-state index in [4.69, 9.17) is 25.8 Å². The van der Waals surface area contributed by atoms with E-state index in [0.29, 0.717) is 53.0 Å². The van der Waals surface area contributed by atoms with Gasteiger partial charge < -0.3 is 24.8 Å². The molecule has 0 aliphatic carbocycles. The van der Waals surface area contributed by atoms with Crippen molar-refractivity contribution in [1.29, 1.82) is 0 Å². The molecule has 0 spiro atoms. The molecule has 8 heteroatoms. The highest BCUT2D eigenvalue weighted by Gasteiger charge is 2.34. The van der Waals surface area contributed by atoms with Gasteiger partial charge in [-0.25, -0.2) is 9.59 Å². The molecular weight excluding hydrogens is 384 g/mol. The van der Waals surface area contributed by atoms with E-state index < -0.39 is 18.0 Å². The van der Waals surface area contributed by atoms with E-state index in [2.05, 4.69) is 10.6 Å². The zero-order valence-electron chi connectivity index (χ0n) is 16.7. The fraction of sp³-hybridized carbons (Fsp3) is 0.500. The molecule has 154 valence electrons. The van der Waals surface area contributed by atoms with Gasteiger partial charge in [0.05, 0.1) is 36.5 Å². The SMILES string of the molecule is CCCOc1c(Cl)cc(C2NC(=O)NC(CC)=C2C(=O)OCC)cc1OCC. The number of hydrogen-bond donors (Lipinski definition) is 2. The van der Waals surface area contributed by atoms with Crippen LogP contribution in [-0.2, 0) is 9.53 Å². The summed E-state index contributed by atoms with van der Waals surface area (Å²) in [5, 5.41) is 5.82. The Hall–Kier alpha value is -2.41. The van der Waals surface area contributed by atoms with Gasteiger partial charge in [0.25, 0.3) is 0 Å². The second-order valence-corrected chi connectivity index (χ2v) is 6.52. The van der Waals surface area contributed by atoms with Crippen LogP contribution in [0.1, 0.15) is 52.1 Å². The highest BCUT2D eigenvalue weighted by molar-refractivity contribution is 6.32. The molecule has 2 rings (SSSR count). The second-order valence-electron chi connectivity index (χ2n) is 6.11. The van der Waals surface area contributed by atoms with E-state index in [-0.39, 0.29) is 6.61 Å². The molecule has 28 heavy (non-hydrogen) atoms. The Labute approximate surface area is 170 Å². The number of halogens is 1. The van der Waals surface area contributed by atoms with E-state index >= 15 is 0 Å². The van der Waals surface area contributed by atoms with Gasteiger partial charge in [-0.05, 0) is 44.4 Å². The Morgan fingerprint density at radius 2 is 1.89 bits per heavy atom. The van der Waals surface area contributed by atoms with Crippen molar-refractivity contribution < 1.29 is 23.8 Å². The minimum atomic E-state index is -0.709. The number of hydrogen-bond acceptors (Lipinski definition) is 5. The van der Waals surface area contributed by atoms with Crippen molar-refractivity contribution in [2.24, 2.45) is 0 Å². The number of benzene rings is 1. The number of carbonyl (C=O) groups is 2. The molecule has 7 nitrogen and oxygen atoms in total. The highest BCUT2D eigenvalue weighted by atomic mass is 35.5. The maximum Gasteiger partial charge on any atom is 0.338 e. The Balaban J connectivity index is 2.55. The molecule has 1 heterocycles. The number of urea groups is 1. The first-order valence-corrected chi connectivity index (χ1v) is 9.91. The quantitative estimate of drug-likeness (QED) is 0.598. The molecule has 0 bridgehead atoms. The first-order chi connectivity index (χ1) is 13.5. The maximum absolute atomic E-state index is 12.6. The number of ether oxygens (including phenoxy) is 3. The minimum absolute atomic E-state index is 0.231. The lowest BCUT2D eigenvalue weighted by Gasteiger charge is -2.29. The average molecular weight is 411 g/mol. The molecule has 2 N–H and O–H groups in total. The predicted octanol–water partition coefficient (Wildman–Crippen LogP) is 4.11. The average Bonchev–Trinajstić information content (AvgIpc) is 2.66. The van der Waals surface area contributed by atoms with Crippen LogP contribution in [0, 0.1) is 0 Å². The fourth-order valence-electron chi connectivity index (χ4n) is 2.96. The van der Waals surface area contributed by atoms with Crippen LogP contribution in [0.3, 0.4) is 0 Å². The van der Waals surface area contributed by atoms with Gasteiger partial charge in [-0.3, -0.25) is 0 Å². The fourth-order valence-corrected chi connectivity index (χ4v) is 3.23. The summed E-state index contributed by atoms with van der Waals surface area (Å²) in [6.45, 7) is 8.59. The molecule has 0 saturated carbocycles. The molecule has 0 radical (unpaired) electrons. The van der Waals surface area contributed by atoms with Gasteiger partial charge in [0.15, 0.2) is 11.5 Å². The van der Waals surface area contributed by atoms with Gasteiger partial charge in [-0.15, -0.1) is 0 Å². The number of nitrogens with one attached hydrogen (secondary N) is 2. The molecule has 1 aliphatic heterocycles. The van der Waals surface area contributed by atoms with Crippen molar-refractivity contribution in [3.63, 3.8) is 0 Å². The van der Waals surface area contributed by atoms with Crippen molar-refractivity contribution >= 4 is 23.6 Å². The Bertz CT molecular complexity index is 763. The summed E-state index contributed by atoms with van der Waals surface area (Å²) < 4.78 is 16.6. The van der Waals surface area contributed by atoms with Crippen LogP contribution < -0.4 is 20.1 Å². The predicted molar refractivity (Wildman–Crippen MR) is 107 cm³/mol. The van der Waals surface area contributed by atoms with Crippen molar-refractivity contribution in [2.75, 3.05) is 19.8 Å². The smallest absolute Gasteiger partial charge is 0.338 e. The van der Waals surface area contributed by atoms with E-state index in [9.17, 15) is 9.59 Å². The summed E-state index contributed by atoms with van der Waals surface area (Å²) in [6.07, 6.45) is 1.30. The van der Waals surface area contributed by atoms with Gasteiger partial charge in [-0.2, -0.15) is 0 Å². The van der Waals surface area contributed by atoms with E-state index in [1.54, 1.807) is 19.1 Å². The van der Waals surface area contributed by atoms with Crippen LogP contribution in [0.4, 0.5) is 4.79 Å². The summed E-state index contributed by atoms with van der Waals surface area (Å²) >= 11 is 6.45. The van der Waals surface area contributed by atoms with Gasteiger partial charge in [0.1, 0.15) is 0 Å². The summed E-state index contributed by atoms with van der Waals surface area (Å²) in [4.78, 5) is 24.7. The topological polar surface area (TPSA) is 85.9 Å². The molecule has 1 aromatic rings. The van der Waals surface area contributed by atoms with Crippen LogP contribution in [0.15, 0.2) is 23.4 Å². The lowest BCUT2D eigenvalue weighted by Crippen LogP contribution is -2.45. The highest BCUT2D eigenvalue weighted by Crippen LogP contribution is 2.40. The van der Waals surface area contributed by atoms with E-state index in [1.165, 1.54) is 0 Å². The number of rotatable bonds is 9. The summed E-state index contributed by atoms with van der Waals surface area (Å²) in [6, 6.07) is 2.32. The first-order valence-electron chi connectivity index (χ1n) is 9.53. The summed E-state index contributed by atoms with van der Waals surface area (Å²) in [7, 11) is 0. The normalized spacial score (nSPS) is 16.3. The van der Waals surface area contributed by atoms with Gasteiger partial charge in [0.2, 0.25) is 0 Å². The van der Waals surface area contributed by atoms with Gasteiger partial charge >= 0.3 is 12.0 Å². The summed E-state index contributed by atoms with van der Waals surface area (Å²) in [5.41, 5.74) is 1.48. The minimum Gasteiger partial charge on any atom is -0.490 e. The number of amides is 2. The van der Waals surface area contributed by atoms with Crippen LogP contribution in [0.25, 0.3) is 0 Å². The molecule has 1 atom stereocenters. The third kappa shape index (κ3) is 4.90. The first kappa shape index (κ1) is 21.9. The summed E-state index contributed by atoms with van der Waals surface area (Å²) in [5.74, 6) is 0.427. The van der Waals surface area contributed by atoms with Crippen LogP contribution >= 0.6 is 11.6 Å². The van der Waals surface area contributed by atoms with E-state index in [1.807, 2.05) is 20.8 Å². The van der Waals surface area contributed by atoms with Gasteiger partial charge in [0, 0.05) is 5.70 Å². The molecule has 0 aromatic heterocycles. The Morgan fingerprint density at radius 3 is 2.50 bits per heavy atom. The van der Waals surface area contributed by atoms with Crippen molar-refractivity contribution in [3.05, 3.63) is 34.0 Å². The molecule has 1 unspecified atom stereocenters. The number of esters is 1.